The number of imidazole rings is 1. The van der Waals surface area contributed by atoms with Crippen LogP contribution < -0.4 is 5.73 Å². The van der Waals surface area contributed by atoms with Gasteiger partial charge in [-0.3, -0.25) is 0 Å². The number of nitrogens with two attached hydrogens (primary N) is 1. The predicted octanol–water partition coefficient (Wildman–Crippen LogP) is 3.17. The molecular weight excluding hydrogens is 241 g/mol. The number of hydrogen-bond donors (Lipinski definition) is 1. The van der Waals surface area contributed by atoms with Crippen LogP contribution in [-0.4, -0.2) is 9.55 Å². The minimum atomic E-state index is -0.412. The maximum atomic E-state index is 13.5. The fraction of sp³-hybridized carbons (Fsp3) is 0.533. The van der Waals surface area contributed by atoms with E-state index in [4.69, 9.17) is 5.73 Å². The van der Waals surface area contributed by atoms with Gasteiger partial charge in [-0.25, -0.2) is 9.37 Å². The second-order valence-corrected chi connectivity index (χ2v) is 5.78. The Hall–Kier alpha value is -1.42. The van der Waals surface area contributed by atoms with Crippen LogP contribution in [0.3, 0.4) is 0 Å². The number of aryl methyl sites for hydroxylation is 1. The van der Waals surface area contributed by atoms with Crippen LogP contribution in [-0.2, 0) is 12.1 Å². The van der Waals surface area contributed by atoms with Crippen LogP contribution in [0, 0.1) is 11.7 Å². The number of benzene rings is 1. The molecule has 0 saturated heterocycles. The Morgan fingerprint density at radius 1 is 1.47 bits per heavy atom. The lowest BCUT2D eigenvalue weighted by atomic mass is 9.96. The Kier molecular flexibility index (Phi) is 2.86. The first kappa shape index (κ1) is 12.6. The number of aromatic nitrogens is 2. The van der Waals surface area contributed by atoms with Crippen LogP contribution in [0.4, 0.5) is 4.39 Å². The minimum absolute atomic E-state index is 0.221. The van der Waals surface area contributed by atoms with E-state index < -0.39 is 5.54 Å². The van der Waals surface area contributed by atoms with Crippen molar-refractivity contribution in [3.8, 4) is 0 Å². The molecule has 1 fully saturated rings. The molecule has 2 aromatic rings. The summed E-state index contributed by atoms with van der Waals surface area (Å²) < 4.78 is 15.6. The van der Waals surface area contributed by atoms with E-state index in [9.17, 15) is 4.39 Å². The molecule has 1 aromatic carbocycles. The van der Waals surface area contributed by atoms with Crippen LogP contribution in [0.1, 0.15) is 38.9 Å². The SMILES string of the molecule is CCCn1c(C(C)(N)C2CC2)nc2ccc(F)cc21. The van der Waals surface area contributed by atoms with Gasteiger partial charge in [0.2, 0.25) is 0 Å². The first-order valence-corrected chi connectivity index (χ1v) is 6.99. The first-order valence-electron chi connectivity index (χ1n) is 6.99. The van der Waals surface area contributed by atoms with Gasteiger partial charge in [0.05, 0.1) is 16.6 Å². The normalized spacial score (nSPS) is 18.7. The van der Waals surface area contributed by atoms with E-state index in [0.717, 1.165) is 42.7 Å². The monoisotopic (exact) mass is 261 g/mol. The van der Waals surface area contributed by atoms with Gasteiger partial charge in [0.15, 0.2) is 0 Å². The standard InChI is InChI=1S/C15H20FN3/c1-3-8-19-13-9-11(16)6-7-12(13)18-14(19)15(2,17)10-4-5-10/h6-7,9-10H,3-5,8,17H2,1-2H3. The molecule has 1 aromatic heterocycles. The molecule has 4 heteroatoms. The lowest BCUT2D eigenvalue weighted by molar-refractivity contribution is 0.382. The van der Waals surface area contributed by atoms with E-state index in [2.05, 4.69) is 16.5 Å². The van der Waals surface area contributed by atoms with Gasteiger partial charge in [-0.1, -0.05) is 6.92 Å². The highest BCUT2D eigenvalue weighted by atomic mass is 19.1. The molecule has 2 N–H and O–H groups in total. The van der Waals surface area contributed by atoms with Crippen molar-refractivity contribution in [1.29, 1.82) is 0 Å². The summed E-state index contributed by atoms with van der Waals surface area (Å²) in [6.07, 6.45) is 3.31. The maximum absolute atomic E-state index is 13.5. The summed E-state index contributed by atoms with van der Waals surface area (Å²) in [7, 11) is 0. The van der Waals surface area contributed by atoms with Crippen LogP contribution in [0.5, 0.6) is 0 Å². The van der Waals surface area contributed by atoms with Crippen LogP contribution in [0.2, 0.25) is 0 Å². The Morgan fingerprint density at radius 2 is 2.21 bits per heavy atom. The lowest BCUT2D eigenvalue weighted by Crippen LogP contribution is -2.38. The Labute approximate surface area is 112 Å². The van der Waals surface area contributed by atoms with Gasteiger partial charge in [-0.05, 0) is 50.3 Å². The van der Waals surface area contributed by atoms with Crippen molar-refractivity contribution >= 4 is 11.0 Å². The highest BCUT2D eigenvalue weighted by Gasteiger charge is 2.43. The molecule has 1 saturated carbocycles. The summed E-state index contributed by atoms with van der Waals surface area (Å²) >= 11 is 0. The van der Waals surface area contributed by atoms with Gasteiger partial charge in [0, 0.05) is 6.54 Å². The third kappa shape index (κ3) is 2.04. The van der Waals surface area contributed by atoms with Gasteiger partial charge in [-0.15, -0.1) is 0 Å². The lowest BCUT2D eigenvalue weighted by Gasteiger charge is -2.25. The quantitative estimate of drug-likeness (QED) is 0.918. The molecule has 102 valence electrons. The van der Waals surface area contributed by atoms with E-state index in [1.807, 2.05) is 6.92 Å². The maximum Gasteiger partial charge on any atom is 0.130 e. The Morgan fingerprint density at radius 3 is 2.84 bits per heavy atom. The second kappa shape index (κ2) is 4.30. The van der Waals surface area contributed by atoms with Crippen molar-refractivity contribution in [2.75, 3.05) is 0 Å². The summed E-state index contributed by atoms with van der Waals surface area (Å²) in [4.78, 5) is 4.68. The predicted molar refractivity (Wildman–Crippen MR) is 74.2 cm³/mol. The third-order valence-electron chi connectivity index (χ3n) is 4.06. The molecule has 0 amide bonds. The number of rotatable bonds is 4. The van der Waals surface area contributed by atoms with Gasteiger partial charge in [-0.2, -0.15) is 0 Å². The molecule has 1 unspecified atom stereocenters. The average Bonchev–Trinajstić information content (AvgIpc) is 3.15. The summed E-state index contributed by atoms with van der Waals surface area (Å²) in [6, 6.07) is 4.76. The summed E-state index contributed by atoms with van der Waals surface area (Å²) in [5.41, 5.74) is 7.78. The number of hydrogen-bond acceptors (Lipinski definition) is 2. The molecule has 3 rings (SSSR count). The third-order valence-corrected chi connectivity index (χ3v) is 4.06. The van der Waals surface area contributed by atoms with Crippen LogP contribution in [0.15, 0.2) is 18.2 Å². The molecule has 1 heterocycles. The smallest absolute Gasteiger partial charge is 0.130 e. The molecule has 1 aliphatic carbocycles. The molecule has 1 aliphatic rings. The number of halogens is 1. The van der Waals surface area contributed by atoms with E-state index >= 15 is 0 Å². The van der Waals surface area contributed by atoms with Crippen LogP contribution in [0.25, 0.3) is 11.0 Å². The van der Waals surface area contributed by atoms with Crippen molar-refractivity contribution in [3.05, 3.63) is 29.8 Å². The van der Waals surface area contributed by atoms with E-state index in [1.165, 1.54) is 6.07 Å². The summed E-state index contributed by atoms with van der Waals surface area (Å²) in [5, 5.41) is 0. The highest BCUT2D eigenvalue weighted by molar-refractivity contribution is 5.76. The second-order valence-electron chi connectivity index (χ2n) is 5.78. The Balaban J connectivity index is 2.19. The van der Waals surface area contributed by atoms with E-state index in [0.29, 0.717) is 5.92 Å². The molecular formula is C15H20FN3. The molecule has 19 heavy (non-hydrogen) atoms. The molecule has 3 nitrogen and oxygen atoms in total. The van der Waals surface area contributed by atoms with Crippen molar-refractivity contribution in [2.45, 2.75) is 45.2 Å². The Bertz CT molecular complexity index is 611. The van der Waals surface area contributed by atoms with Crippen molar-refractivity contribution in [1.82, 2.24) is 9.55 Å². The van der Waals surface area contributed by atoms with Crippen LogP contribution >= 0.6 is 0 Å². The first-order chi connectivity index (χ1) is 9.04. The summed E-state index contributed by atoms with van der Waals surface area (Å²) in [6.45, 7) is 4.99. The molecule has 1 atom stereocenters. The zero-order valence-electron chi connectivity index (χ0n) is 11.5. The molecule has 0 bridgehead atoms. The largest absolute Gasteiger partial charge is 0.326 e. The fourth-order valence-electron chi connectivity index (χ4n) is 2.82. The summed E-state index contributed by atoms with van der Waals surface area (Å²) in [5.74, 6) is 1.18. The van der Waals surface area contributed by atoms with Gasteiger partial charge in [0.1, 0.15) is 11.6 Å². The molecule has 0 aliphatic heterocycles. The van der Waals surface area contributed by atoms with E-state index in [-0.39, 0.29) is 5.82 Å². The highest BCUT2D eigenvalue weighted by Crippen LogP contribution is 2.44. The van der Waals surface area contributed by atoms with Crippen molar-refractivity contribution in [3.63, 3.8) is 0 Å². The van der Waals surface area contributed by atoms with Crippen molar-refractivity contribution in [2.24, 2.45) is 11.7 Å². The topological polar surface area (TPSA) is 43.8 Å². The van der Waals surface area contributed by atoms with E-state index in [1.54, 1.807) is 12.1 Å². The van der Waals surface area contributed by atoms with Gasteiger partial charge in [0.25, 0.3) is 0 Å². The van der Waals surface area contributed by atoms with Crippen molar-refractivity contribution < 1.29 is 4.39 Å². The molecule has 0 spiro atoms. The van der Waals surface area contributed by atoms with Gasteiger partial charge < -0.3 is 10.3 Å². The average molecular weight is 261 g/mol. The zero-order chi connectivity index (χ0) is 13.6. The van der Waals surface area contributed by atoms with Gasteiger partial charge >= 0.3 is 0 Å². The molecule has 0 radical (unpaired) electrons. The number of nitrogens with zero attached hydrogens (tertiary/aromatic N) is 2. The zero-order valence-corrected chi connectivity index (χ0v) is 11.5. The number of fused-ring (bicyclic) bond motifs is 1. The minimum Gasteiger partial charge on any atom is -0.326 e. The fourth-order valence-corrected chi connectivity index (χ4v) is 2.82.